The van der Waals surface area contributed by atoms with Gasteiger partial charge in [0.05, 0.1) is 6.04 Å². The van der Waals surface area contributed by atoms with E-state index in [0.29, 0.717) is 13.0 Å². The Hall–Kier alpha value is -0.470. The Balaban J connectivity index is 2.02. The highest BCUT2D eigenvalue weighted by atomic mass is 19.2. The van der Waals surface area contributed by atoms with Gasteiger partial charge in [0.2, 0.25) is 0 Å². The van der Waals surface area contributed by atoms with Gasteiger partial charge in [-0.1, -0.05) is 6.42 Å². The second-order valence-electron chi connectivity index (χ2n) is 5.76. The summed E-state index contributed by atoms with van der Waals surface area (Å²) in [5, 5.41) is 9.93. The number of halogens is 5. The highest BCUT2D eigenvalue weighted by Gasteiger charge is 2.55. The van der Waals surface area contributed by atoms with E-state index in [2.05, 4.69) is 0 Å². The number of nitrogens with zero attached hydrogens (tertiary/aromatic N) is 1. The molecule has 0 aromatic rings. The molecule has 1 heterocycles. The van der Waals surface area contributed by atoms with Crippen molar-refractivity contribution in [3.05, 3.63) is 0 Å². The summed E-state index contributed by atoms with van der Waals surface area (Å²) in [4.78, 5) is 1.76. The molecule has 0 aromatic carbocycles. The van der Waals surface area contributed by atoms with Crippen molar-refractivity contribution in [1.29, 1.82) is 0 Å². The summed E-state index contributed by atoms with van der Waals surface area (Å²) in [6.45, 7) is 0.678. The van der Waals surface area contributed by atoms with E-state index in [1.54, 1.807) is 11.9 Å². The smallest absolute Gasteiger partial charge is 0.170 e. The van der Waals surface area contributed by atoms with Crippen molar-refractivity contribution in [3.8, 4) is 0 Å². The Morgan fingerprint density at radius 2 is 1.48 bits per heavy atom. The van der Waals surface area contributed by atoms with Crippen LogP contribution in [0.5, 0.6) is 0 Å². The quantitative estimate of drug-likeness (QED) is 0.637. The lowest BCUT2D eigenvalue weighted by Crippen LogP contribution is -2.59. The number of likely N-dealkylation sites (N-methyl/N-ethyl adjacent to an activating group) is 1. The van der Waals surface area contributed by atoms with Crippen LogP contribution in [0.25, 0.3) is 0 Å². The van der Waals surface area contributed by atoms with Gasteiger partial charge in [0.1, 0.15) is 6.10 Å². The van der Waals surface area contributed by atoms with Crippen molar-refractivity contribution in [2.75, 3.05) is 13.6 Å². The summed E-state index contributed by atoms with van der Waals surface area (Å²) in [5.74, 6) is 0. The Labute approximate surface area is 120 Å². The van der Waals surface area contributed by atoms with Crippen molar-refractivity contribution in [3.63, 3.8) is 0 Å². The predicted octanol–water partition coefficient (Wildman–Crippen LogP) is 1.88. The molecule has 3 nitrogen and oxygen atoms in total. The molecule has 8 heteroatoms. The number of aliphatic hydroxyl groups is 1. The third-order valence-corrected chi connectivity index (χ3v) is 4.30. The topological polar surface area (TPSA) is 32.7 Å². The first-order valence-electron chi connectivity index (χ1n) is 7.08. The second kappa shape index (κ2) is 6.75. The van der Waals surface area contributed by atoms with Crippen LogP contribution in [-0.4, -0.2) is 72.9 Å². The lowest BCUT2D eigenvalue weighted by Gasteiger charge is -2.40. The highest BCUT2D eigenvalue weighted by Crippen LogP contribution is 2.34. The number of ether oxygens (including phenoxy) is 1. The SMILES string of the molecule is CN1CCCCC1[C@@H](O)OC1C(F)C(F)[C@H](F)C(F)[C@@H]1F. The zero-order valence-electron chi connectivity index (χ0n) is 11.6. The van der Waals surface area contributed by atoms with E-state index >= 15 is 0 Å². The van der Waals surface area contributed by atoms with Gasteiger partial charge < -0.3 is 9.84 Å². The fraction of sp³-hybridized carbons (Fsp3) is 1.00. The zero-order valence-corrected chi connectivity index (χ0v) is 11.6. The summed E-state index contributed by atoms with van der Waals surface area (Å²) < 4.78 is 71.8. The molecule has 1 saturated carbocycles. The molecule has 0 spiro atoms. The first-order chi connectivity index (χ1) is 9.84. The van der Waals surface area contributed by atoms with Crippen molar-refractivity contribution >= 4 is 0 Å². The number of piperidine rings is 1. The Morgan fingerprint density at radius 1 is 0.952 bits per heavy atom. The highest BCUT2D eigenvalue weighted by molar-refractivity contribution is 5.01. The lowest BCUT2D eigenvalue weighted by molar-refractivity contribution is -0.232. The van der Waals surface area contributed by atoms with Gasteiger partial charge >= 0.3 is 0 Å². The molecule has 1 aliphatic carbocycles. The molecule has 8 atom stereocenters. The summed E-state index contributed by atoms with van der Waals surface area (Å²) >= 11 is 0. The van der Waals surface area contributed by atoms with Crippen LogP contribution in [0.3, 0.4) is 0 Å². The minimum atomic E-state index is -2.86. The minimum absolute atomic E-state index is 0.502. The molecule has 2 fully saturated rings. The van der Waals surface area contributed by atoms with E-state index in [0.717, 1.165) is 12.8 Å². The van der Waals surface area contributed by atoms with Crippen LogP contribution in [0.1, 0.15) is 19.3 Å². The summed E-state index contributed by atoms with van der Waals surface area (Å²) in [5.41, 5.74) is 0. The van der Waals surface area contributed by atoms with E-state index in [-0.39, 0.29) is 0 Å². The Morgan fingerprint density at radius 3 is 2.00 bits per heavy atom. The summed E-state index contributed by atoms with van der Waals surface area (Å²) in [6, 6.07) is -0.502. The number of hydrogen-bond acceptors (Lipinski definition) is 3. The van der Waals surface area contributed by atoms with Gasteiger partial charge in [0.15, 0.2) is 37.1 Å². The number of hydrogen-bond donors (Lipinski definition) is 1. The van der Waals surface area contributed by atoms with Gasteiger partial charge in [0, 0.05) is 0 Å². The fourth-order valence-electron chi connectivity index (χ4n) is 2.93. The number of alkyl halides is 5. The average Bonchev–Trinajstić information content (AvgIpc) is 2.48. The van der Waals surface area contributed by atoms with Crippen molar-refractivity contribution in [2.24, 2.45) is 0 Å². The van der Waals surface area contributed by atoms with E-state index in [1.165, 1.54) is 0 Å². The zero-order chi connectivity index (χ0) is 15.7. The van der Waals surface area contributed by atoms with Crippen LogP contribution >= 0.6 is 0 Å². The molecule has 0 aromatic heterocycles. The van der Waals surface area contributed by atoms with Crippen LogP contribution in [0.15, 0.2) is 0 Å². The Bertz CT molecular complexity index is 335. The van der Waals surface area contributed by atoms with Crippen LogP contribution < -0.4 is 0 Å². The molecule has 1 saturated heterocycles. The van der Waals surface area contributed by atoms with Crippen LogP contribution in [0.2, 0.25) is 0 Å². The summed E-state index contributed by atoms with van der Waals surface area (Å²) in [7, 11) is 1.71. The molecule has 1 aliphatic heterocycles. The van der Waals surface area contributed by atoms with Gasteiger partial charge in [-0.05, 0) is 26.4 Å². The second-order valence-corrected chi connectivity index (χ2v) is 5.76. The van der Waals surface area contributed by atoms with E-state index in [4.69, 9.17) is 4.74 Å². The standard InChI is InChI=1S/C13H20F5NO2/c1-19-5-3-2-4-6(19)13(20)21-12-10(17)8(15)7(14)9(16)11(12)18/h6-13,20H,2-5H2,1H3/t6?,7-,8?,9?,10+,11?,12?,13+/m1/s1. The predicted molar refractivity (Wildman–Crippen MR) is 65.6 cm³/mol. The fourth-order valence-corrected chi connectivity index (χ4v) is 2.93. The normalized spacial score (nSPS) is 47.3. The average molecular weight is 317 g/mol. The maximum absolute atomic E-state index is 13.7. The van der Waals surface area contributed by atoms with Crippen LogP contribution in [-0.2, 0) is 4.74 Å². The summed E-state index contributed by atoms with van der Waals surface area (Å²) in [6.07, 6.45) is -15.2. The van der Waals surface area contributed by atoms with Gasteiger partial charge in [-0.25, -0.2) is 22.0 Å². The van der Waals surface area contributed by atoms with Crippen molar-refractivity contribution < 1.29 is 31.8 Å². The van der Waals surface area contributed by atoms with Crippen molar-refractivity contribution in [2.45, 2.75) is 68.6 Å². The maximum Gasteiger partial charge on any atom is 0.170 e. The molecule has 5 unspecified atom stereocenters. The first-order valence-corrected chi connectivity index (χ1v) is 7.08. The minimum Gasteiger partial charge on any atom is -0.367 e. The lowest BCUT2D eigenvalue weighted by atomic mass is 9.89. The maximum atomic E-state index is 13.7. The molecule has 2 rings (SSSR count). The molecule has 0 amide bonds. The molecule has 21 heavy (non-hydrogen) atoms. The van der Waals surface area contributed by atoms with Crippen LogP contribution in [0, 0.1) is 0 Å². The molecule has 1 N–H and O–H groups in total. The first kappa shape index (κ1) is 16.9. The Kier molecular flexibility index (Phi) is 5.43. The third-order valence-electron chi connectivity index (χ3n) is 4.30. The van der Waals surface area contributed by atoms with E-state index in [9.17, 15) is 27.1 Å². The molecule has 124 valence electrons. The molecule has 0 bridgehead atoms. The number of aliphatic hydroxyl groups excluding tert-OH is 1. The van der Waals surface area contributed by atoms with Gasteiger partial charge in [-0.2, -0.15) is 0 Å². The largest absolute Gasteiger partial charge is 0.367 e. The molecule has 2 aliphatic rings. The molecule has 0 radical (unpaired) electrons. The van der Waals surface area contributed by atoms with Gasteiger partial charge in [-0.3, -0.25) is 4.90 Å². The third kappa shape index (κ3) is 3.32. The monoisotopic (exact) mass is 317 g/mol. The molecular weight excluding hydrogens is 297 g/mol. The van der Waals surface area contributed by atoms with Gasteiger partial charge in [0.25, 0.3) is 0 Å². The number of rotatable bonds is 3. The van der Waals surface area contributed by atoms with Gasteiger partial charge in [-0.15, -0.1) is 0 Å². The number of likely N-dealkylation sites (tertiary alicyclic amines) is 1. The molecular formula is C13H20F5NO2. The van der Waals surface area contributed by atoms with Crippen molar-refractivity contribution in [1.82, 2.24) is 4.90 Å². The van der Waals surface area contributed by atoms with E-state index in [1.807, 2.05) is 0 Å². The van der Waals surface area contributed by atoms with E-state index < -0.39 is 49.3 Å². The van der Waals surface area contributed by atoms with Crippen LogP contribution in [0.4, 0.5) is 22.0 Å².